The average molecular weight is 429 g/mol. The average Bonchev–Trinajstić information content (AvgIpc) is 2.81. The zero-order chi connectivity index (χ0) is 22.1. The van der Waals surface area contributed by atoms with Crippen molar-refractivity contribution in [1.29, 1.82) is 0 Å². The number of likely N-dealkylation sites (tertiary alicyclic amines) is 1. The molecule has 1 aliphatic carbocycles. The highest BCUT2D eigenvalue weighted by molar-refractivity contribution is 6.38. The normalized spacial score (nSPS) is 20.8. The van der Waals surface area contributed by atoms with Gasteiger partial charge in [-0.25, -0.2) is 4.79 Å². The Kier molecular flexibility index (Phi) is 8.61. The van der Waals surface area contributed by atoms with Crippen LogP contribution in [-0.2, 0) is 25.5 Å². The third-order valence-electron chi connectivity index (χ3n) is 6.81. The van der Waals surface area contributed by atoms with Gasteiger partial charge in [0, 0.05) is 24.4 Å². The number of amides is 1. The number of ether oxygens (including phenoxy) is 1. The van der Waals surface area contributed by atoms with Crippen LogP contribution >= 0.6 is 0 Å². The lowest BCUT2D eigenvalue weighted by Crippen LogP contribution is -2.53. The maximum atomic E-state index is 13.0. The lowest BCUT2D eigenvalue weighted by Gasteiger charge is -2.37. The van der Waals surface area contributed by atoms with Crippen LogP contribution in [0.2, 0.25) is 0 Å². The van der Waals surface area contributed by atoms with Gasteiger partial charge in [-0.2, -0.15) is 0 Å². The molecule has 2 aliphatic rings. The highest BCUT2D eigenvalue weighted by Gasteiger charge is 2.43. The van der Waals surface area contributed by atoms with Crippen LogP contribution in [0.25, 0.3) is 0 Å². The van der Waals surface area contributed by atoms with E-state index in [0.717, 1.165) is 70.6 Å². The highest BCUT2D eigenvalue weighted by atomic mass is 16.5. The van der Waals surface area contributed by atoms with Crippen molar-refractivity contribution in [2.24, 2.45) is 5.41 Å². The van der Waals surface area contributed by atoms with Crippen molar-refractivity contribution in [3.8, 4) is 0 Å². The number of esters is 1. The summed E-state index contributed by atoms with van der Waals surface area (Å²) in [6.07, 6.45) is 14.3. The van der Waals surface area contributed by atoms with Gasteiger partial charge in [0.15, 0.2) is 0 Å². The number of carbonyl (C=O) groups excluding carboxylic acids is 3. The molecule has 1 amide bonds. The van der Waals surface area contributed by atoms with Crippen LogP contribution < -0.4 is 0 Å². The van der Waals surface area contributed by atoms with Crippen molar-refractivity contribution >= 4 is 17.7 Å². The van der Waals surface area contributed by atoms with E-state index in [1.54, 1.807) is 6.20 Å². The topological polar surface area (TPSA) is 76.6 Å². The van der Waals surface area contributed by atoms with Gasteiger partial charge in [-0.05, 0) is 69.4 Å². The van der Waals surface area contributed by atoms with Crippen molar-refractivity contribution < 1.29 is 19.1 Å². The molecule has 1 aliphatic heterocycles. The van der Waals surface area contributed by atoms with E-state index in [9.17, 15) is 14.4 Å². The summed E-state index contributed by atoms with van der Waals surface area (Å²) in [6, 6.07) is 3.39. The number of nitrogens with zero attached hydrogens (tertiary/aromatic N) is 2. The Bertz CT molecular complexity index is 743. The molecule has 6 heteroatoms. The van der Waals surface area contributed by atoms with Gasteiger partial charge < -0.3 is 9.64 Å². The van der Waals surface area contributed by atoms with E-state index < -0.39 is 17.4 Å². The number of rotatable bonds is 9. The van der Waals surface area contributed by atoms with E-state index in [0.29, 0.717) is 19.6 Å². The lowest BCUT2D eigenvalue weighted by atomic mass is 9.72. The molecule has 2 fully saturated rings. The zero-order valence-electron chi connectivity index (χ0n) is 18.8. The molecule has 3 rings (SSSR count). The molecule has 1 atom stereocenters. The Morgan fingerprint density at radius 3 is 2.65 bits per heavy atom. The molecule has 0 spiro atoms. The molecule has 0 N–H and O–H groups in total. The second-order valence-electron chi connectivity index (χ2n) is 9.30. The van der Waals surface area contributed by atoms with Crippen molar-refractivity contribution in [2.75, 3.05) is 13.2 Å². The Balaban J connectivity index is 1.45. The number of aromatic nitrogens is 1. The van der Waals surface area contributed by atoms with Crippen LogP contribution in [0.15, 0.2) is 24.5 Å². The minimum absolute atomic E-state index is 0.317. The second-order valence-corrected chi connectivity index (χ2v) is 9.30. The van der Waals surface area contributed by atoms with Crippen LogP contribution in [0, 0.1) is 5.41 Å². The van der Waals surface area contributed by atoms with Gasteiger partial charge in [-0.15, -0.1) is 0 Å². The smallest absolute Gasteiger partial charge is 0.328 e. The quantitative estimate of drug-likeness (QED) is 0.334. The molecule has 6 nitrogen and oxygen atoms in total. The molecule has 2 heterocycles. The first-order valence-corrected chi connectivity index (χ1v) is 11.9. The van der Waals surface area contributed by atoms with E-state index in [1.165, 1.54) is 10.5 Å². The second kappa shape index (κ2) is 11.4. The molecule has 0 aromatic carbocycles. The minimum Gasteiger partial charge on any atom is -0.464 e. The molecule has 170 valence electrons. The van der Waals surface area contributed by atoms with E-state index in [-0.39, 0.29) is 11.8 Å². The van der Waals surface area contributed by atoms with E-state index in [2.05, 4.69) is 11.1 Å². The SMILES string of the molecule is CC1(C(=O)C(=O)N2CCCCC2C(=O)OCCCCCc2cccnc2)CCCCC1. The Morgan fingerprint density at radius 1 is 1.10 bits per heavy atom. The number of aryl methyl sites for hydroxylation is 1. The van der Waals surface area contributed by atoms with Crippen LogP contribution in [0.3, 0.4) is 0 Å². The molecule has 1 unspecified atom stereocenters. The fraction of sp³-hybridized carbons (Fsp3) is 0.680. The molecule has 31 heavy (non-hydrogen) atoms. The Labute approximate surface area is 185 Å². The predicted molar refractivity (Wildman–Crippen MR) is 118 cm³/mol. The summed E-state index contributed by atoms with van der Waals surface area (Å²) >= 11 is 0. The van der Waals surface area contributed by atoms with Crippen LogP contribution in [0.1, 0.15) is 83.1 Å². The highest BCUT2D eigenvalue weighted by Crippen LogP contribution is 2.37. The number of hydrogen-bond acceptors (Lipinski definition) is 5. The fourth-order valence-corrected chi connectivity index (χ4v) is 4.79. The number of hydrogen-bond donors (Lipinski definition) is 0. The standard InChI is InChI=1S/C25H36N2O4/c1-25(14-6-3-7-15-25)22(28)23(29)27-17-8-5-13-21(27)24(30)31-18-9-2-4-11-20-12-10-16-26-19-20/h10,12,16,19,21H,2-9,11,13-15,17-18H2,1H3. The van der Waals surface area contributed by atoms with Gasteiger partial charge in [-0.3, -0.25) is 14.6 Å². The van der Waals surface area contributed by atoms with Crippen molar-refractivity contribution in [2.45, 2.75) is 90.0 Å². The Hall–Kier alpha value is -2.24. The summed E-state index contributed by atoms with van der Waals surface area (Å²) in [5.41, 5.74) is 0.641. The summed E-state index contributed by atoms with van der Waals surface area (Å²) in [5, 5.41) is 0. The maximum absolute atomic E-state index is 13.0. The molecule has 1 saturated heterocycles. The third-order valence-corrected chi connectivity index (χ3v) is 6.81. The fourth-order valence-electron chi connectivity index (χ4n) is 4.79. The van der Waals surface area contributed by atoms with Gasteiger partial charge >= 0.3 is 5.97 Å². The molecular weight excluding hydrogens is 392 g/mol. The van der Waals surface area contributed by atoms with E-state index in [4.69, 9.17) is 4.74 Å². The van der Waals surface area contributed by atoms with Crippen LogP contribution in [0.5, 0.6) is 0 Å². The molecule has 1 aromatic rings. The molecule has 1 aromatic heterocycles. The Morgan fingerprint density at radius 2 is 1.90 bits per heavy atom. The minimum atomic E-state index is -0.618. The summed E-state index contributed by atoms with van der Waals surface area (Å²) in [6.45, 7) is 2.73. The summed E-state index contributed by atoms with van der Waals surface area (Å²) in [5.74, 6) is -1.16. The number of piperidine rings is 1. The largest absolute Gasteiger partial charge is 0.464 e. The van der Waals surface area contributed by atoms with Gasteiger partial charge in [0.25, 0.3) is 5.91 Å². The van der Waals surface area contributed by atoms with Crippen molar-refractivity contribution in [3.63, 3.8) is 0 Å². The first-order valence-electron chi connectivity index (χ1n) is 11.9. The van der Waals surface area contributed by atoms with E-state index in [1.807, 2.05) is 19.2 Å². The molecule has 1 saturated carbocycles. The van der Waals surface area contributed by atoms with Crippen LogP contribution in [0.4, 0.5) is 0 Å². The molecular formula is C25H36N2O4. The number of carbonyl (C=O) groups is 3. The van der Waals surface area contributed by atoms with Gasteiger partial charge in [0.2, 0.25) is 5.78 Å². The predicted octanol–water partition coefficient (Wildman–Crippen LogP) is 4.26. The van der Waals surface area contributed by atoms with Gasteiger partial charge in [0.05, 0.1) is 6.61 Å². The number of Topliss-reactive ketones (excluding diaryl/α,β-unsaturated/α-hetero) is 1. The number of unbranched alkanes of at least 4 members (excludes halogenated alkanes) is 2. The van der Waals surface area contributed by atoms with Crippen molar-refractivity contribution in [1.82, 2.24) is 9.88 Å². The van der Waals surface area contributed by atoms with Gasteiger partial charge in [-0.1, -0.05) is 32.3 Å². The van der Waals surface area contributed by atoms with Gasteiger partial charge in [0.1, 0.15) is 6.04 Å². The van der Waals surface area contributed by atoms with Crippen LogP contribution in [-0.4, -0.2) is 46.7 Å². The molecule has 0 radical (unpaired) electrons. The first kappa shape index (κ1) is 23.4. The van der Waals surface area contributed by atoms with Crippen molar-refractivity contribution in [3.05, 3.63) is 30.1 Å². The maximum Gasteiger partial charge on any atom is 0.328 e. The summed E-state index contributed by atoms with van der Waals surface area (Å²) in [7, 11) is 0. The first-order chi connectivity index (χ1) is 15.0. The zero-order valence-corrected chi connectivity index (χ0v) is 18.8. The number of pyridine rings is 1. The monoisotopic (exact) mass is 428 g/mol. The third kappa shape index (κ3) is 6.37. The summed E-state index contributed by atoms with van der Waals surface area (Å²) < 4.78 is 5.51. The summed E-state index contributed by atoms with van der Waals surface area (Å²) in [4.78, 5) is 44.3. The molecule has 0 bridgehead atoms. The van der Waals surface area contributed by atoms with E-state index >= 15 is 0 Å². The number of ketones is 1. The lowest BCUT2D eigenvalue weighted by molar-refractivity contribution is -0.161.